The van der Waals surface area contributed by atoms with Crippen molar-refractivity contribution in [2.24, 2.45) is 0 Å². The molecule has 2 aromatic carbocycles. The van der Waals surface area contributed by atoms with Gasteiger partial charge in [0, 0.05) is 11.1 Å². The van der Waals surface area contributed by atoms with E-state index in [0.29, 0.717) is 0 Å². The van der Waals surface area contributed by atoms with Crippen LogP contribution in [0.4, 0.5) is 0 Å². The number of methoxy groups -OCH3 is 1. The van der Waals surface area contributed by atoms with Crippen LogP contribution in [0.25, 0.3) is 28.5 Å². The summed E-state index contributed by atoms with van der Waals surface area (Å²) in [4.78, 5) is 0.773. The number of fused-ring (bicyclic) bond motifs is 1. The van der Waals surface area contributed by atoms with E-state index in [1.54, 1.807) is 11.6 Å². The molecule has 4 rings (SSSR count). The Morgan fingerprint density at radius 3 is 2.60 bits per heavy atom. The van der Waals surface area contributed by atoms with Gasteiger partial charge in [0.25, 0.3) is 0 Å². The fourth-order valence-corrected chi connectivity index (χ4v) is 3.29. The average molecular weight is 348 g/mol. The predicted molar refractivity (Wildman–Crippen MR) is 101 cm³/mol. The third kappa shape index (κ3) is 3.04. The quantitative estimate of drug-likeness (QED) is 0.550. The highest BCUT2D eigenvalue weighted by Gasteiger charge is 2.12. The van der Waals surface area contributed by atoms with Crippen LogP contribution in [0.5, 0.6) is 5.75 Å². The minimum Gasteiger partial charge on any atom is -0.496 e. The van der Waals surface area contributed by atoms with Gasteiger partial charge in [-0.25, -0.2) is 0 Å². The Bertz CT molecular complexity index is 1050. The highest BCUT2D eigenvalue weighted by atomic mass is 32.1. The first-order valence-corrected chi connectivity index (χ1v) is 8.66. The van der Waals surface area contributed by atoms with E-state index in [9.17, 15) is 0 Å². The van der Waals surface area contributed by atoms with Crippen LogP contribution in [0.3, 0.4) is 0 Å². The second kappa shape index (κ2) is 6.49. The topological polar surface area (TPSA) is 52.3 Å². The van der Waals surface area contributed by atoms with Crippen molar-refractivity contribution in [1.82, 2.24) is 19.8 Å². The maximum atomic E-state index is 5.37. The summed E-state index contributed by atoms with van der Waals surface area (Å²) in [6, 6.07) is 16.1. The number of aryl methyl sites for hydroxylation is 1. The van der Waals surface area contributed by atoms with Crippen molar-refractivity contribution < 1.29 is 4.74 Å². The Morgan fingerprint density at radius 2 is 1.80 bits per heavy atom. The summed E-state index contributed by atoms with van der Waals surface area (Å²) in [5.41, 5.74) is 3.22. The van der Waals surface area contributed by atoms with Gasteiger partial charge >= 0.3 is 0 Å². The number of hydrogen-bond donors (Lipinski definition) is 0. The number of hydrogen-bond acceptors (Lipinski definition) is 5. The van der Waals surface area contributed by atoms with Crippen LogP contribution in [-0.4, -0.2) is 26.9 Å². The summed E-state index contributed by atoms with van der Waals surface area (Å²) in [6.45, 7) is 2.06. The van der Waals surface area contributed by atoms with Crippen molar-refractivity contribution in [2.45, 2.75) is 6.92 Å². The first-order chi connectivity index (χ1) is 12.2. The number of benzene rings is 2. The summed E-state index contributed by atoms with van der Waals surface area (Å²) >= 11 is 1.50. The lowest BCUT2D eigenvalue weighted by molar-refractivity contribution is 0.414. The van der Waals surface area contributed by atoms with Gasteiger partial charge in [-0.15, -0.1) is 10.2 Å². The Labute approximate surface area is 149 Å². The molecule has 0 spiro atoms. The van der Waals surface area contributed by atoms with Crippen LogP contribution in [-0.2, 0) is 0 Å². The zero-order valence-corrected chi connectivity index (χ0v) is 14.7. The smallest absolute Gasteiger partial charge is 0.235 e. The lowest BCUT2D eigenvalue weighted by Gasteiger charge is -2.02. The first-order valence-electron chi connectivity index (χ1n) is 7.85. The molecule has 0 fully saturated rings. The van der Waals surface area contributed by atoms with E-state index in [1.807, 2.05) is 48.6 Å². The summed E-state index contributed by atoms with van der Waals surface area (Å²) in [5, 5.41) is 14.0. The van der Waals surface area contributed by atoms with E-state index in [-0.39, 0.29) is 0 Å². The monoisotopic (exact) mass is 348 g/mol. The summed E-state index contributed by atoms with van der Waals surface area (Å²) in [6.07, 6.45) is 3.96. The molecule has 4 aromatic rings. The Morgan fingerprint density at radius 1 is 1.00 bits per heavy atom. The van der Waals surface area contributed by atoms with Gasteiger partial charge in [0.15, 0.2) is 5.82 Å². The molecule has 0 N–H and O–H groups in total. The molecule has 0 saturated heterocycles. The largest absolute Gasteiger partial charge is 0.496 e. The number of aromatic nitrogens is 4. The van der Waals surface area contributed by atoms with Crippen molar-refractivity contribution >= 4 is 28.4 Å². The van der Waals surface area contributed by atoms with Gasteiger partial charge in [-0.2, -0.15) is 9.61 Å². The van der Waals surface area contributed by atoms with Gasteiger partial charge in [0.2, 0.25) is 4.96 Å². The molecule has 5 nitrogen and oxygen atoms in total. The number of ether oxygens (including phenoxy) is 1. The minimum atomic E-state index is 0.753. The summed E-state index contributed by atoms with van der Waals surface area (Å²) in [5.74, 6) is 1.59. The van der Waals surface area contributed by atoms with E-state index in [4.69, 9.17) is 4.74 Å². The predicted octanol–water partition coefficient (Wildman–Crippen LogP) is 4.34. The fourth-order valence-electron chi connectivity index (χ4n) is 2.55. The highest BCUT2D eigenvalue weighted by molar-refractivity contribution is 7.17. The molecule has 25 heavy (non-hydrogen) atoms. The van der Waals surface area contributed by atoms with Gasteiger partial charge in [-0.1, -0.05) is 59.4 Å². The molecule has 0 aliphatic rings. The lowest BCUT2D eigenvalue weighted by Crippen LogP contribution is -1.90. The number of nitrogens with zero attached hydrogens (tertiary/aromatic N) is 4. The molecule has 6 heteroatoms. The molecular weight excluding hydrogens is 332 g/mol. The third-order valence-electron chi connectivity index (χ3n) is 3.86. The van der Waals surface area contributed by atoms with Gasteiger partial charge in [-0.3, -0.25) is 0 Å². The van der Waals surface area contributed by atoms with Crippen molar-refractivity contribution in [3.63, 3.8) is 0 Å². The van der Waals surface area contributed by atoms with Crippen LogP contribution < -0.4 is 4.74 Å². The zero-order chi connectivity index (χ0) is 17.2. The van der Waals surface area contributed by atoms with Crippen LogP contribution in [0.2, 0.25) is 0 Å². The van der Waals surface area contributed by atoms with Crippen molar-refractivity contribution in [3.8, 4) is 17.1 Å². The van der Waals surface area contributed by atoms with Crippen LogP contribution in [0, 0.1) is 6.92 Å². The third-order valence-corrected chi connectivity index (χ3v) is 4.72. The molecule has 124 valence electrons. The molecule has 2 aromatic heterocycles. The van der Waals surface area contributed by atoms with Gasteiger partial charge in [-0.05, 0) is 25.1 Å². The van der Waals surface area contributed by atoms with Crippen LogP contribution in [0.15, 0.2) is 48.5 Å². The van der Waals surface area contributed by atoms with Crippen molar-refractivity contribution in [3.05, 3.63) is 64.7 Å². The highest BCUT2D eigenvalue weighted by Crippen LogP contribution is 2.24. The SMILES string of the molecule is COc1ccccc1C=Cc1nn2c(-c3ccc(C)cc3)nnc2s1. The molecular formula is C19H16N4OS. The molecule has 0 amide bonds. The van der Waals surface area contributed by atoms with E-state index in [0.717, 1.165) is 32.7 Å². The van der Waals surface area contributed by atoms with E-state index in [1.165, 1.54) is 16.9 Å². The second-order valence-electron chi connectivity index (χ2n) is 5.60. The van der Waals surface area contributed by atoms with Crippen LogP contribution >= 0.6 is 11.3 Å². The minimum absolute atomic E-state index is 0.753. The molecule has 0 bridgehead atoms. The molecule has 0 radical (unpaired) electrons. The molecule has 0 aliphatic heterocycles. The number of para-hydroxylation sites is 1. The molecule has 0 unspecified atom stereocenters. The molecule has 0 saturated carbocycles. The van der Waals surface area contributed by atoms with Gasteiger partial charge < -0.3 is 4.74 Å². The molecule has 2 heterocycles. The van der Waals surface area contributed by atoms with E-state index in [2.05, 4.69) is 34.4 Å². The summed E-state index contributed by atoms with van der Waals surface area (Å²) < 4.78 is 7.16. The first kappa shape index (κ1) is 15.5. The van der Waals surface area contributed by atoms with Crippen molar-refractivity contribution in [1.29, 1.82) is 0 Å². The summed E-state index contributed by atoms with van der Waals surface area (Å²) in [7, 11) is 1.67. The van der Waals surface area contributed by atoms with Gasteiger partial charge in [0.1, 0.15) is 10.8 Å². The Balaban J connectivity index is 1.68. The van der Waals surface area contributed by atoms with Gasteiger partial charge in [0.05, 0.1) is 7.11 Å². The van der Waals surface area contributed by atoms with Crippen LogP contribution in [0.1, 0.15) is 16.1 Å². The second-order valence-corrected chi connectivity index (χ2v) is 6.59. The average Bonchev–Trinajstić information content (AvgIpc) is 3.21. The zero-order valence-electron chi connectivity index (χ0n) is 13.9. The molecule has 0 aliphatic carbocycles. The maximum absolute atomic E-state index is 5.37. The van der Waals surface area contributed by atoms with E-state index >= 15 is 0 Å². The fraction of sp³-hybridized carbons (Fsp3) is 0.105. The standard InChI is InChI=1S/C19H16N4OS/c1-13-7-9-15(10-8-13)18-20-21-19-23(18)22-17(25-19)12-11-14-5-3-4-6-16(14)24-2/h3-12H,1-2H3. The normalized spacial score (nSPS) is 11.4. The Hall–Kier alpha value is -2.99. The van der Waals surface area contributed by atoms with Crippen molar-refractivity contribution in [2.75, 3.05) is 7.11 Å². The number of rotatable bonds is 4. The van der Waals surface area contributed by atoms with E-state index < -0.39 is 0 Å². The lowest BCUT2D eigenvalue weighted by atomic mass is 10.1. The molecule has 0 atom stereocenters. The Kier molecular flexibility index (Phi) is 4.03. The maximum Gasteiger partial charge on any atom is 0.235 e.